The molecule has 1 aromatic carbocycles. The quantitative estimate of drug-likeness (QED) is 0.867. The number of nitrogens with zero attached hydrogens (tertiary/aromatic N) is 1. The molecule has 4 nitrogen and oxygen atoms in total. The van der Waals surface area contributed by atoms with Gasteiger partial charge in [0.05, 0.1) is 12.1 Å². The summed E-state index contributed by atoms with van der Waals surface area (Å²) in [7, 11) is 0. The Bertz CT molecular complexity index is 529. The molecule has 1 amide bonds. The molecule has 140 valence electrons. The maximum atomic E-state index is 12.8. The Hall–Kier alpha value is -1.10. The van der Waals surface area contributed by atoms with Gasteiger partial charge < -0.3 is 15.0 Å². The standard InChI is InChI=1S/C20H30N2O2.ClH/c1-2-16-6-8-17(9-7-16)19-15-21-12-13-22(19)20(23)11-10-18-5-3-4-14-24-18;/h6-9,18-19,21H,2-5,10-15H2,1H3;1H. The van der Waals surface area contributed by atoms with Gasteiger partial charge in [0.1, 0.15) is 0 Å². The van der Waals surface area contributed by atoms with Crippen LogP contribution in [0.5, 0.6) is 0 Å². The van der Waals surface area contributed by atoms with Crippen molar-refractivity contribution < 1.29 is 9.53 Å². The van der Waals surface area contributed by atoms with Gasteiger partial charge in [-0.15, -0.1) is 12.4 Å². The van der Waals surface area contributed by atoms with Crippen molar-refractivity contribution in [1.29, 1.82) is 0 Å². The lowest BCUT2D eigenvalue weighted by Crippen LogP contribution is -2.48. The zero-order valence-corrected chi connectivity index (χ0v) is 16.0. The van der Waals surface area contributed by atoms with Gasteiger partial charge in [0.15, 0.2) is 0 Å². The van der Waals surface area contributed by atoms with Crippen LogP contribution in [0.25, 0.3) is 0 Å². The van der Waals surface area contributed by atoms with E-state index in [0.717, 1.165) is 51.9 Å². The number of carbonyl (C=O) groups excluding carboxylic acids is 1. The summed E-state index contributed by atoms with van der Waals surface area (Å²) in [5, 5.41) is 3.43. The average molecular weight is 367 g/mol. The molecule has 3 rings (SSSR count). The minimum atomic E-state index is 0. The zero-order chi connectivity index (χ0) is 16.8. The first-order chi connectivity index (χ1) is 11.8. The van der Waals surface area contributed by atoms with E-state index in [1.54, 1.807) is 0 Å². The highest BCUT2D eigenvalue weighted by atomic mass is 35.5. The van der Waals surface area contributed by atoms with Crippen LogP contribution in [-0.4, -0.2) is 43.2 Å². The number of carbonyl (C=O) groups is 1. The van der Waals surface area contributed by atoms with E-state index >= 15 is 0 Å². The van der Waals surface area contributed by atoms with E-state index in [1.807, 2.05) is 0 Å². The Morgan fingerprint density at radius 3 is 2.76 bits per heavy atom. The topological polar surface area (TPSA) is 41.6 Å². The van der Waals surface area contributed by atoms with E-state index in [0.29, 0.717) is 6.42 Å². The van der Waals surface area contributed by atoms with Crippen molar-refractivity contribution in [3.05, 3.63) is 35.4 Å². The number of benzene rings is 1. The summed E-state index contributed by atoms with van der Waals surface area (Å²) in [5.41, 5.74) is 2.58. The summed E-state index contributed by atoms with van der Waals surface area (Å²) >= 11 is 0. The van der Waals surface area contributed by atoms with E-state index in [2.05, 4.69) is 41.4 Å². The van der Waals surface area contributed by atoms with Gasteiger partial charge in [-0.2, -0.15) is 0 Å². The molecular formula is C20H31ClN2O2. The molecule has 25 heavy (non-hydrogen) atoms. The largest absolute Gasteiger partial charge is 0.378 e. The number of ether oxygens (including phenoxy) is 1. The third-order valence-electron chi connectivity index (χ3n) is 5.29. The molecule has 1 N–H and O–H groups in total. The lowest BCUT2D eigenvalue weighted by Gasteiger charge is -2.37. The number of nitrogens with one attached hydrogen (secondary N) is 1. The van der Waals surface area contributed by atoms with Crippen molar-refractivity contribution >= 4 is 18.3 Å². The van der Waals surface area contributed by atoms with Crippen LogP contribution in [0.1, 0.15) is 56.2 Å². The van der Waals surface area contributed by atoms with Gasteiger partial charge in [0, 0.05) is 32.7 Å². The summed E-state index contributed by atoms with van der Waals surface area (Å²) < 4.78 is 5.77. The van der Waals surface area contributed by atoms with Crippen LogP contribution in [0.15, 0.2) is 24.3 Å². The van der Waals surface area contributed by atoms with Crippen LogP contribution in [0.3, 0.4) is 0 Å². The predicted octanol–water partition coefficient (Wildman–Crippen LogP) is 3.49. The number of amides is 1. The number of hydrogen-bond donors (Lipinski definition) is 1. The van der Waals surface area contributed by atoms with Crippen molar-refractivity contribution in [2.45, 2.75) is 57.6 Å². The maximum Gasteiger partial charge on any atom is 0.223 e. The van der Waals surface area contributed by atoms with Gasteiger partial charge in [0.2, 0.25) is 5.91 Å². The van der Waals surface area contributed by atoms with E-state index in [1.165, 1.54) is 17.5 Å². The monoisotopic (exact) mass is 366 g/mol. The van der Waals surface area contributed by atoms with E-state index < -0.39 is 0 Å². The fraction of sp³-hybridized carbons (Fsp3) is 0.650. The second-order valence-electron chi connectivity index (χ2n) is 6.93. The molecule has 2 atom stereocenters. The third kappa shape index (κ3) is 5.44. The summed E-state index contributed by atoms with van der Waals surface area (Å²) in [6.07, 6.45) is 6.31. The molecule has 0 radical (unpaired) electrons. The molecule has 5 heteroatoms. The molecule has 0 spiro atoms. The number of piperazine rings is 1. The lowest BCUT2D eigenvalue weighted by atomic mass is 9.99. The van der Waals surface area contributed by atoms with Crippen molar-refractivity contribution in [2.75, 3.05) is 26.2 Å². The number of halogens is 1. The molecule has 0 aromatic heterocycles. The Morgan fingerprint density at radius 2 is 2.08 bits per heavy atom. The molecule has 0 bridgehead atoms. The van der Waals surface area contributed by atoms with Crippen molar-refractivity contribution in [3.63, 3.8) is 0 Å². The van der Waals surface area contributed by atoms with Crippen LogP contribution < -0.4 is 5.32 Å². The predicted molar refractivity (Wildman–Crippen MR) is 103 cm³/mol. The molecule has 2 heterocycles. The van der Waals surface area contributed by atoms with Crippen molar-refractivity contribution in [2.24, 2.45) is 0 Å². The van der Waals surface area contributed by atoms with Crippen LogP contribution in [-0.2, 0) is 16.0 Å². The summed E-state index contributed by atoms with van der Waals surface area (Å²) in [6, 6.07) is 8.89. The molecule has 0 aliphatic carbocycles. The average Bonchev–Trinajstić information content (AvgIpc) is 2.67. The van der Waals surface area contributed by atoms with Crippen LogP contribution in [0.2, 0.25) is 0 Å². The first-order valence-electron chi connectivity index (χ1n) is 9.48. The highest BCUT2D eigenvalue weighted by molar-refractivity contribution is 5.85. The summed E-state index contributed by atoms with van der Waals surface area (Å²) in [5.74, 6) is 0.273. The van der Waals surface area contributed by atoms with Gasteiger partial charge in [-0.25, -0.2) is 0 Å². The minimum Gasteiger partial charge on any atom is -0.378 e. The Labute approximate surface area is 157 Å². The number of aryl methyl sites for hydroxylation is 1. The molecule has 2 saturated heterocycles. The van der Waals surface area contributed by atoms with Crippen LogP contribution in [0, 0.1) is 0 Å². The van der Waals surface area contributed by atoms with Gasteiger partial charge in [0.25, 0.3) is 0 Å². The molecular weight excluding hydrogens is 336 g/mol. The fourth-order valence-electron chi connectivity index (χ4n) is 3.74. The maximum absolute atomic E-state index is 12.8. The Morgan fingerprint density at radius 1 is 1.28 bits per heavy atom. The minimum absolute atomic E-state index is 0. The summed E-state index contributed by atoms with van der Waals surface area (Å²) in [4.78, 5) is 14.9. The highest BCUT2D eigenvalue weighted by Crippen LogP contribution is 2.25. The number of rotatable bonds is 5. The van der Waals surface area contributed by atoms with Gasteiger partial charge in [-0.3, -0.25) is 4.79 Å². The van der Waals surface area contributed by atoms with Gasteiger partial charge in [-0.05, 0) is 43.2 Å². The van der Waals surface area contributed by atoms with E-state index in [4.69, 9.17) is 4.74 Å². The second kappa shape index (κ2) is 10.1. The SMILES string of the molecule is CCc1ccc(C2CNCCN2C(=O)CCC2CCCCO2)cc1.Cl. The highest BCUT2D eigenvalue weighted by Gasteiger charge is 2.28. The van der Waals surface area contributed by atoms with Crippen molar-refractivity contribution in [3.8, 4) is 0 Å². The smallest absolute Gasteiger partial charge is 0.223 e. The molecule has 0 saturated carbocycles. The van der Waals surface area contributed by atoms with Crippen LogP contribution in [0.4, 0.5) is 0 Å². The molecule has 2 unspecified atom stereocenters. The third-order valence-corrected chi connectivity index (χ3v) is 5.29. The fourth-order valence-corrected chi connectivity index (χ4v) is 3.74. The van der Waals surface area contributed by atoms with Gasteiger partial charge >= 0.3 is 0 Å². The molecule has 2 aliphatic rings. The zero-order valence-electron chi connectivity index (χ0n) is 15.2. The first kappa shape index (κ1) is 20.2. The Kier molecular flexibility index (Phi) is 8.20. The normalized spacial score (nSPS) is 23.8. The number of hydrogen-bond acceptors (Lipinski definition) is 3. The molecule has 2 fully saturated rings. The summed E-state index contributed by atoms with van der Waals surface area (Å²) in [6.45, 7) is 5.55. The lowest BCUT2D eigenvalue weighted by molar-refractivity contribution is -0.135. The Balaban J connectivity index is 0.00000225. The first-order valence-corrected chi connectivity index (χ1v) is 9.48. The molecule has 1 aromatic rings. The van der Waals surface area contributed by atoms with E-state index in [9.17, 15) is 4.79 Å². The van der Waals surface area contributed by atoms with E-state index in [-0.39, 0.29) is 30.5 Å². The van der Waals surface area contributed by atoms with Gasteiger partial charge in [-0.1, -0.05) is 31.2 Å². The van der Waals surface area contributed by atoms with Crippen molar-refractivity contribution in [1.82, 2.24) is 10.2 Å². The molecule has 2 aliphatic heterocycles. The second-order valence-corrected chi connectivity index (χ2v) is 6.93. The van der Waals surface area contributed by atoms with Crippen LogP contribution >= 0.6 is 12.4 Å².